The van der Waals surface area contributed by atoms with Crippen LogP contribution >= 0.6 is 11.3 Å². The quantitative estimate of drug-likeness (QED) is 0.551. The Labute approximate surface area is 182 Å². The number of aryl methyl sites for hydroxylation is 1. The van der Waals surface area contributed by atoms with Gasteiger partial charge in [0.15, 0.2) is 0 Å². The second-order valence-electron chi connectivity index (χ2n) is 7.86. The number of aromatic nitrogens is 1. The van der Waals surface area contributed by atoms with Crippen molar-refractivity contribution in [2.75, 3.05) is 18.4 Å². The van der Waals surface area contributed by atoms with Crippen molar-refractivity contribution in [3.63, 3.8) is 0 Å². The molecule has 158 valence electrons. The lowest BCUT2D eigenvalue weighted by Gasteiger charge is -2.27. The smallest absolute Gasteiger partial charge is 0.319 e. The van der Waals surface area contributed by atoms with Crippen molar-refractivity contribution in [2.45, 2.75) is 46.2 Å². The van der Waals surface area contributed by atoms with Gasteiger partial charge in [-0.1, -0.05) is 31.5 Å². The van der Waals surface area contributed by atoms with E-state index >= 15 is 0 Å². The van der Waals surface area contributed by atoms with Crippen molar-refractivity contribution >= 4 is 23.1 Å². The van der Waals surface area contributed by atoms with Crippen LogP contribution in [-0.4, -0.2) is 28.6 Å². The van der Waals surface area contributed by atoms with Crippen molar-refractivity contribution < 1.29 is 4.79 Å². The maximum Gasteiger partial charge on any atom is 0.319 e. The van der Waals surface area contributed by atoms with E-state index < -0.39 is 0 Å². The van der Waals surface area contributed by atoms with Crippen LogP contribution in [0.2, 0.25) is 0 Å². The molecule has 0 radical (unpaired) electrons. The second kappa shape index (κ2) is 9.06. The van der Waals surface area contributed by atoms with Crippen LogP contribution in [0.15, 0.2) is 48.8 Å². The van der Waals surface area contributed by atoms with Crippen LogP contribution in [0.5, 0.6) is 0 Å². The number of hydrogen-bond acceptors (Lipinski definition) is 3. The summed E-state index contributed by atoms with van der Waals surface area (Å²) in [6.45, 7) is 9.54. The molecule has 2 amide bonds. The number of fused-ring (bicyclic) bond motifs is 1. The fourth-order valence-electron chi connectivity index (χ4n) is 4.10. The van der Waals surface area contributed by atoms with Gasteiger partial charge in [0.1, 0.15) is 5.00 Å². The first-order valence-corrected chi connectivity index (χ1v) is 11.5. The van der Waals surface area contributed by atoms with Crippen LogP contribution in [0.1, 0.15) is 47.9 Å². The molecule has 3 heterocycles. The van der Waals surface area contributed by atoms with Crippen molar-refractivity contribution in [1.29, 1.82) is 0 Å². The Morgan fingerprint density at radius 3 is 2.57 bits per heavy atom. The van der Waals surface area contributed by atoms with E-state index in [0.29, 0.717) is 0 Å². The summed E-state index contributed by atoms with van der Waals surface area (Å²) in [6.07, 6.45) is 6.07. The fraction of sp³-hybridized carbons (Fsp3) is 0.375. The van der Waals surface area contributed by atoms with Crippen molar-refractivity contribution in [3.8, 4) is 5.00 Å². The van der Waals surface area contributed by atoms with Gasteiger partial charge in [-0.2, -0.15) is 0 Å². The zero-order valence-electron chi connectivity index (χ0n) is 17.9. The van der Waals surface area contributed by atoms with Gasteiger partial charge < -0.3 is 15.2 Å². The van der Waals surface area contributed by atoms with E-state index in [1.54, 1.807) is 0 Å². The molecule has 0 aliphatic carbocycles. The predicted molar refractivity (Wildman–Crippen MR) is 125 cm³/mol. The van der Waals surface area contributed by atoms with Crippen LogP contribution < -0.4 is 10.6 Å². The van der Waals surface area contributed by atoms with E-state index in [2.05, 4.69) is 58.5 Å². The molecule has 1 unspecified atom stereocenters. The van der Waals surface area contributed by atoms with E-state index in [1.165, 1.54) is 26.6 Å². The largest absolute Gasteiger partial charge is 0.331 e. The van der Waals surface area contributed by atoms with Crippen molar-refractivity contribution in [2.24, 2.45) is 0 Å². The molecule has 0 spiro atoms. The normalized spacial score (nSPS) is 14.9. The standard InChI is InChI=1S/C24H30N4OS/c1-4-20(26-24(29)25-18-10-8-17(3)9-11-18)22-19-12-15-27(5-2)16-21(19)30-23(22)28-13-6-7-14-28/h6-11,13-14,20H,4-5,12,15-16H2,1-3H3,(H2,25,26,29). The minimum atomic E-state index is -0.157. The van der Waals surface area contributed by atoms with Crippen LogP contribution in [0.4, 0.5) is 10.5 Å². The lowest BCUT2D eigenvalue weighted by Crippen LogP contribution is -2.34. The van der Waals surface area contributed by atoms with E-state index in [0.717, 1.165) is 38.2 Å². The van der Waals surface area contributed by atoms with Gasteiger partial charge in [-0.05, 0) is 56.1 Å². The summed E-state index contributed by atoms with van der Waals surface area (Å²) in [5.41, 5.74) is 4.69. The third-order valence-corrected chi connectivity index (χ3v) is 7.06. The number of anilines is 1. The van der Waals surface area contributed by atoms with E-state index in [9.17, 15) is 4.79 Å². The number of likely N-dealkylation sites (N-methyl/N-ethyl adjacent to an activating group) is 1. The molecule has 30 heavy (non-hydrogen) atoms. The lowest BCUT2D eigenvalue weighted by molar-refractivity contribution is 0.247. The number of urea groups is 1. The van der Waals surface area contributed by atoms with Crippen LogP contribution in [0, 0.1) is 6.92 Å². The highest BCUT2D eigenvalue weighted by atomic mass is 32.1. The second-order valence-corrected chi connectivity index (χ2v) is 8.94. The van der Waals surface area contributed by atoms with Gasteiger partial charge in [-0.25, -0.2) is 4.79 Å². The number of nitrogens with zero attached hydrogens (tertiary/aromatic N) is 2. The zero-order valence-corrected chi connectivity index (χ0v) is 18.8. The van der Waals surface area contributed by atoms with Gasteiger partial charge in [0.2, 0.25) is 0 Å². The summed E-state index contributed by atoms with van der Waals surface area (Å²) in [5.74, 6) is 0. The number of amides is 2. The lowest BCUT2D eigenvalue weighted by atomic mass is 9.96. The van der Waals surface area contributed by atoms with Gasteiger partial charge in [-0.15, -0.1) is 11.3 Å². The zero-order chi connectivity index (χ0) is 21.1. The molecule has 2 N–H and O–H groups in total. The Bertz CT molecular complexity index is 991. The molecule has 5 nitrogen and oxygen atoms in total. The van der Waals surface area contributed by atoms with Crippen LogP contribution in [0.25, 0.3) is 5.00 Å². The first-order chi connectivity index (χ1) is 14.6. The molecule has 0 saturated carbocycles. The predicted octanol–water partition coefficient (Wildman–Crippen LogP) is 5.50. The van der Waals surface area contributed by atoms with E-state index in [-0.39, 0.29) is 12.1 Å². The average Bonchev–Trinajstić information content (AvgIpc) is 3.41. The summed E-state index contributed by atoms with van der Waals surface area (Å²) in [5, 5.41) is 7.45. The van der Waals surface area contributed by atoms with Gasteiger partial charge in [0, 0.05) is 41.6 Å². The number of nitrogens with one attached hydrogen (secondary N) is 2. The third-order valence-electron chi connectivity index (χ3n) is 5.81. The number of carbonyl (C=O) groups is 1. The SMILES string of the molecule is CCC(NC(=O)Nc1ccc(C)cc1)c1c(-n2cccc2)sc2c1CCN(CC)C2. The van der Waals surface area contributed by atoms with Gasteiger partial charge in [0.25, 0.3) is 0 Å². The first kappa shape index (κ1) is 20.7. The molecule has 0 saturated heterocycles. The summed E-state index contributed by atoms with van der Waals surface area (Å²) in [7, 11) is 0. The Morgan fingerprint density at radius 2 is 1.90 bits per heavy atom. The minimum Gasteiger partial charge on any atom is -0.331 e. The molecule has 3 aromatic rings. The van der Waals surface area contributed by atoms with Gasteiger partial charge in [0.05, 0.1) is 6.04 Å². The average molecular weight is 423 g/mol. The number of thiophene rings is 1. The first-order valence-electron chi connectivity index (χ1n) is 10.7. The Kier molecular flexibility index (Phi) is 6.25. The van der Waals surface area contributed by atoms with Crippen LogP contribution in [0.3, 0.4) is 0 Å². The van der Waals surface area contributed by atoms with E-state index in [4.69, 9.17) is 0 Å². The molecule has 0 fully saturated rings. The molecule has 4 rings (SSSR count). The number of carbonyl (C=O) groups excluding carboxylic acids is 1. The molecule has 6 heteroatoms. The highest BCUT2D eigenvalue weighted by Gasteiger charge is 2.29. The minimum absolute atomic E-state index is 0.0268. The number of hydrogen-bond donors (Lipinski definition) is 2. The summed E-state index contributed by atoms with van der Waals surface area (Å²) in [4.78, 5) is 16.7. The Balaban J connectivity index is 1.62. The maximum absolute atomic E-state index is 12.8. The Morgan fingerprint density at radius 1 is 1.17 bits per heavy atom. The summed E-state index contributed by atoms with van der Waals surface area (Å²) in [6, 6.07) is 11.8. The fourth-order valence-corrected chi connectivity index (χ4v) is 5.52. The molecule has 1 atom stereocenters. The van der Waals surface area contributed by atoms with Gasteiger partial charge >= 0.3 is 6.03 Å². The Hall–Kier alpha value is -2.57. The molecule has 1 aliphatic rings. The molecular weight excluding hydrogens is 392 g/mol. The summed E-state index contributed by atoms with van der Waals surface area (Å²) >= 11 is 1.86. The van der Waals surface area contributed by atoms with Gasteiger partial charge in [-0.3, -0.25) is 4.90 Å². The molecule has 2 aromatic heterocycles. The van der Waals surface area contributed by atoms with Crippen molar-refractivity contribution in [3.05, 3.63) is 70.4 Å². The molecule has 1 aliphatic heterocycles. The maximum atomic E-state index is 12.8. The number of benzene rings is 1. The highest BCUT2D eigenvalue weighted by Crippen LogP contribution is 2.40. The topological polar surface area (TPSA) is 49.3 Å². The third kappa shape index (κ3) is 4.30. The molecular formula is C24H30N4OS. The monoisotopic (exact) mass is 422 g/mol. The summed E-state index contributed by atoms with van der Waals surface area (Å²) < 4.78 is 2.19. The van der Waals surface area contributed by atoms with Crippen LogP contribution in [-0.2, 0) is 13.0 Å². The molecule has 1 aromatic carbocycles. The highest BCUT2D eigenvalue weighted by molar-refractivity contribution is 7.15. The number of rotatable bonds is 6. The van der Waals surface area contributed by atoms with Crippen molar-refractivity contribution in [1.82, 2.24) is 14.8 Å². The van der Waals surface area contributed by atoms with E-state index in [1.807, 2.05) is 42.5 Å². The molecule has 0 bridgehead atoms.